The number of anilines is 1. The van der Waals surface area contributed by atoms with Crippen molar-refractivity contribution in [2.24, 2.45) is 0 Å². The van der Waals surface area contributed by atoms with E-state index in [-0.39, 0.29) is 23.4 Å². The fourth-order valence-corrected chi connectivity index (χ4v) is 5.75. The van der Waals surface area contributed by atoms with Crippen LogP contribution in [-0.2, 0) is 26.2 Å². The molecule has 1 N–H and O–H groups in total. The summed E-state index contributed by atoms with van der Waals surface area (Å²) in [7, 11) is -4.11. The van der Waals surface area contributed by atoms with E-state index in [1.54, 1.807) is 73.7 Å². The summed E-state index contributed by atoms with van der Waals surface area (Å²) in [6.45, 7) is 4.98. The van der Waals surface area contributed by atoms with Gasteiger partial charge in [-0.1, -0.05) is 76.9 Å². The summed E-state index contributed by atoms with van der Waals surface area (Å²) in [5, 5.41) is 3.35. The molecule has 0 aromatic heterocycles. The SMILES string of the molecule is CC[C@@H](C)NC(=O)[C@@H](C)N(Cc1ccccc1Cl)C(=O)CN(c1cccc(Br)c1)S(=O)(=O)c1ccccc1. The zero-order valence-electron chi connectivity index (χ0n) is 21.5. The second-order valence-electron chi connectivity index (χ2n) is 8.91. The van der Waals surface area contributed by atoms with Crippen molar-refractivity contribution >= 4 is 55.1 Å². The fourth-order valence-electron chi connectivity index (χ4n) is 3.74. The summed E-state index contributed by atoms with van der Waals surface area (Å²) < 4.78 is 29.2. The lowest BCUT2D eigenvalue weighted by Gasteiger charge is -2.32. The highest BCUT2D eigenvalue weighted by Gasteiger charge is 2.33. The number of nitrogens with one attached hydrogen (secondary N) is 1. The largest absolute Gasteiger partial charge is 0.352 e. The molecule has 0 saturated heterocycles. The maximum atomic E-state index is 13.9. The third kappa shape index (κ3) is 7.36. The Morgan fingerprint density at radius 3 is 2.26 bits per heavy atom. The lowest BCUT2D eigenvalue weighted by Crippen LogP contribution is -2.52. The first-order chi connectivity index (χ1) is 18.0. The van der Waals surface area contributed by atoms with Crippen LogP contribution in [0.5, 0.6) is 0 Å². The van der Waals surface area contributed by atoms with Gasteiger partial charge in [-0.25, -0.2) is 8.42 Å². The van der Waals surface area contributed by atoms with Crippen molar-refractivity contribution in [2.45, 2.75) is 50.7 Å². The van der Waals surface area contributed by atoms with E-state index in [4.69, 9.17) is 11.6 Å². The molecule has 0 radical (unpaired) electrons. The Morgan fingerprint density at radius 1 is 0.974 bits per heavy atom. The van der Waals surface area contributed by atoms with Gasteiger partial charge in [0.05, 0.1) is 10.6 Å². The number of sulfonamides is 1. The molecule has 0 saturated carbocycles. The quantitative estimate of drug-likeness (QED) is 0.301. The maximum Gasteiger partial charge on any atom is 0.264 e. The number of carbonyl (C=O) groups is 2. The van der Waals surface area contributed by atoms with Crippen molar-refractivity contribution in [3.63, 3.8) is 0 Å². The van der Waals surface area contributed by atoms with Crippen LogP contribution in [0.25, 0.3) is 0 Å². The molecule has 2 atom stereocenters. The van der Waals surface area contributed by atoms with E-state index in [1.807, 2.05) is 13.8 Å². The number of amides is 2. The molecule has 0 aliphatic carbocycles. The molecule has 10 heteroatoms. The van der Waals surface area contributed by atoms with Gasteiger partial charge in [0.25, 0.3) is 10.0 Å². The van der Waals surface area contributed by atoms with Crippen molar-refractivity contribution < 1.29 is 18.0 Å². The van der Waals surface area contributed by atoms with Crippen molar-refractivity contribution in [1.82, 2.24) is 10.2 Å². The van der Waals surface area contributed by atoms with E-state index in [0.29, 0.717) is 20.7 Å². The number of benzene rings is 3. The van der Waals surface area contributed by atoms with E-state index < -0.39 is 28.5 Å². The molecule has 0 aliphatic heterocycles. The zero-order valence-corrected chi connectivity index (χ0v) is 24.6. The van der Waals surface area contributed by atoms with Crippen LogP contribution in [0.3, 0.4) is 0 Å². The molecule has 0 heterocycles. The monoisotopic (exact) mass is 619 g/mol. The maximum absolute atomic E-state index is 13.9. The van der Waals surface area contributed by atoms with Crippen LogP contribution in [0, 0.1) is 0 Å². The third-order valence-corrected chi connectivity index (χ3v) is 8.82. The molecule has 7 nitrogen and oxygen atoms in total. The first-order valence-corrected chi connectivity index (χ1v) is 14.8. The predicted octanol–water partition coefficient (Wildman–Crippen LogP) is 5.63. The molecule has 0 aliphatic rings. The Hall–Kier alpha value is -2.88. The standard InChI is InChI=1S/C28H31BrClN3O4S/c1-4-20(2)31-28(35)21(3)32(18-22-11-8-9-16-26(22)30)27(34)19-33(24-13-10-12-23(29)17-24)38(36,37)25-14-6-5-7-15-25/h5-17,20-21H,4,18-19H2,1-3H3,(H,31,35)/t20-,21-/m1/s1. The second kappa shape index (κ2) is 13.3. The molecule has 0 spiro atoms. The molecule has 3 rings (SSSR count). The number of rotatable bonds is 11. The zero-order chi connectivity index (χ0) is 27.9. The first kappa shape index (κ1) is 29.7. The highest BCUT2D eigenvalue weighted by molar-refractivity contribution is 9.10. The Labute approximate surface area is 238 Å². The normalized spacial score (nSPS) is 12.9. The Balaban J connectivity index is 2.03. The van der Waals surface area contributed by atoms with Gasteiger partial charge in [0, 0.05) is 22.1 Å². The van der Waals surface area contributed by atoms with Gasteiger partial charge in [0.1, 0.15) is 12.6 Å². The average Bonchev–Trinajstić information content (AvgIpc) is 2.91. The minimum absolute atomic E-state index is 0.0330. The summed E-state index contributed by atoms with van der Waals surface area (Å²) in [4.78, 5) is 28.4. The number of hydrogen-bond donors (Lipinski definition) is 1. The first-order valence-electron chi connectivity index (χ1n) is 12.2. The van der Waals surface area contributed by atoms with Crippen molar-refractivity contribution in [3.05, 3.63) is 93.9 Å². The van der Waals surface area contributed by atoms with Gasteiger partial charge in [-0.15, -0.1) is 0 Å². The molecular weight excluding hydrogens is 590 g/mol. The highest BCUT2D eigenvalue weighted by atomic mass is 79.9. The summed E-state index contributed by atoms with van der Waals surface area (Å²) in [5.74, 6) is -0.879. The van der Waals surface area contributed by atoms with E-state index >= 15 is 0 Å². The second-order valence-corrected chi connectivity index (χ2v) is 12.1. The van der Waals surface area contributed by atoms with Crippen LogP contribution < -0.4 is 9.62 Å². The summed E-state index contributed by atoms with van der Waals surface area (Å²) in [6, 6.07) is 20.7. The average molecular weight is 621 g/mol. The molecule has 0 fully saturated rings. The van der Waals surface area contributed by atoms with Gasteiger partial charge in [0.2, 0.25) is 11.8 Å². The number of halogens is 2. The summed E-state index contributed by atoms with van der Waals surface area (Å²) in [5.41, 5.74) is 0.955. The van der Waals surface area contributed by atoms with Crippen molar-refractivity contribution in [3.8, 4) is 0 Å². The van der Waals surface area contributed by atoms with E-state index in [2.05, 4.69) is 21.2 Å². The fraction of sp³-hybridized carbons (Fsp3) is 0.286. The third-order valence-electron chi connectivity index (χ3n) is 6.17. The van der Waals surface area contributed by atoms with E-state index in [1.165, 1.54) is 17.0 Å². The smallest absolute Gasteiger partial charge is 0.264 e. The lowest BCUT2D eigenvalue weighted by molar-refractivity contribution is -0.139. The highest BCUT2D eigenvalue weighted by Crippen LogP contribution is 2.27. The molecule has 3 aromatic rings. The van der Waals surface area contributed by atoms with Crippen molar-refractivity contribution in [2.75, 3.05) is 10.8 Å². The predicted molar refractivity (Wildman–Crippen MR) is 154 cm³/mol. The number of carbonyl (C=O) groups excluding carboxylic acids is 2. The van der Waals surface area contributed by atoms with Gasteiger partial charge >= 0.3 is 0 Å². The van der Waals surface area contributed by atoms with E-state index in [9.17, 15) is 18.0 Å². The van der Waals surface area contributed by atoms with Crippen LogP contribution in [0.15, 0.2) is 88.2 Å². The minimum Gasteiger partial charge on any atom is -0.352 e. The van der Waals surface area contributed by atoms with Gasteiger partial charge in [-0.05, 0) is 62.2 Å². The van der Waals surface area contributed by atoms with Gasteiger partial charge in [0.15, 0.2) is 0 Å². The minimum atomic E-state index is -4.11. The molecular formula is C28H31BrClN3O4S. The topological polar surface area (TPSA) is 86.8 Å². The Morgan fingerprint density at radius 2 is 1.63 bits per heavy atom. The van der Waals surface area contributed by atoms with Crippen LogP contribution in [-0.4, -0.2) is 43.8 Å². The molecule has 2 amide bonds. The summed E-state index contributed by atoms with van der Waals surface area (Å²) >= 11 is 9.77. The molecule has 202 valence electrons. The van der Waals surface area contributed by atoms with Gasteiger partial charge in [-0.3, -0.25) is 13.9 Å². The molecule has 3 aromatic carbocycles. The number of nitrogens with zero attached hydrogens (tertiary/aromatic N) is 2. The van der Waals surface area contributed by atoms with Crippen LogP contribution in [0.4, 0.5) is 5.69 Å². The molecule has 38 heavy (non-hydrogen) atoms. The molecule has 0 bridgehead atoms. The molecule has 0 unspecified atom stereocenters. The van der Waals surface area contributed by atoms with Crippen LogP contribution in [0.1, 0.15) is 32.8 Å². The van der Waals surface area contributed by atoms with Crippen LogP contribution >= 0.6 is 27.5 Å². The van der Waals surface area contributed by atoms with Gasteiger partial charge in [-0.2, -0.15) is 0 Å². The lowest BCUT2D eigenvalue weighted by atomic mass is 10.1. The van der Waals surface area contributed by atoms with Gasteiger partial charge < -0.3 is 10.2 Å². The number of hydrogen-bond acceptors (Lipinski definition) is 4. The Bertz CT molecular complexity index is 1370. The van der Waals surface area contributed by atoms with E-state index in [0.717, 1.165) is 10.7 Å². The summed E-state index contributed by atoms with van der Waals surface area (Å²) in [6.07, 6.45) is 0.725. The Kier molecular flexibility index (Phi) is 10.4. The van der Waals surface area contributed by atoms with Crippen LogP contribution in [0.2, 0.25) is 5.02 Å². The van der Waals surface area contributed by atoms with Crippen molar-refractivity contribution in [1.29, 1.82) is 0 Å².